The van der Waals surface area contributed by atoms with E-state index in [1.807, 2.05) is 97.1 Å². The van der Waals surface area contributed by atoms with Gasteiger partial charge in [0.1, 0.15) is 5.69 Å². The maximum Gasteiger partial charge on any atom is 0.142 e. The zero-order chi connectivity index (χ0) is 25.2. The molecule has 2 heterocycles. The number of rotatable bonds is 3. The van der Waals surface area contributed by atoms with Gasteiger partial charge in [0.15, 0.2) is 0 Å². The van der Waals surface area contributed by atoms with Crippen LogP contribution in [-0.2, 0) is 20.1 Å². The van der Waals surface area contributed by atoms with Crippen LogP contribution in [0.4, 0.5) is 5.69 Å². The standard InChI is InChI=1S/C20H9N4.C11H8N.Ir/c1-23-19-11-15(10-16(12-21)18(19)13-22)20-17(8-5-9-24-20)14-6-3-2-4-7-14;1-2-6-10(7-3-1)11-8-4-5-9-12-11;/h2-9,11H;1-6,8-9H;/q2*-1;. The van der Waals surface area contributed by atoms with E-state index in [1.54, 1.807) is 18.5 Å². The summed E-state index contributed by atoms with van der Waals surface area (Å²) in [5, 5.41) is 18.4. The Hall–Kier alpha value is -4.92. The first kappa shape index (κ1) is 26.7. The van der Waals surface area contributed by atoms with Crippen molar-refractivity contribution in [2.24, 2.45) is 0 Å². The molecule has 0 saturated carbocycles. The molecule has 2 aromatic heterocycles. The Bertz CT molecular complexity index is 1530. The molecule has 0 N–H and O–H groups in total. The number of pyridine rings is 2. The summed E-state index contributed by atoms with van der Waals surface area (Å²) in [6, 6.07) is 38.6. The van der Waals surface area contributed by atoms with Gasteiger partial charge in [-0.25, -0.2) is 10.5 Å². The fourth-order valence-corrected chi connectivity index (χ4v) is 3.53. The number of aromatic nitrogens is 2. The van der Waals surface area contributed by atoms with Crippen molar-refractivity contribution in [2.75, 3.05) is 0 Å². The van der Waals surface area contributed by atoms with E-state index < -0.39 is 0 Å². The molecule has 0 bridgehead atoms. The minimum absolute atomic E-state index is 0. The minimum Gasteiger partial charge on any atom is -0.305 e. The average Bonchev–Trinajstić information content (AvgIpc) is 2.98. The van der Waals surface area contributed by atoms with Gasteiger partial charge in [0, 0.05) is 49.8 Å². The number of hydrogen-bond acceptors (Lipinski definition) is 4. The molecule has 5 aromatic rings. The smallest absolute Gasteiger partial charge is 0.142 e. The molecule has 0 fully saturated rings. The molecule has 37 heavy (non-hydrogen) atoms. The molecule has 0 atom stereocenters. The monoisotopic (exact) mass is 652 g/mol. The topological polar surface area (TPSA) is 77.7 Å². The summed E-state index contributed by atoms with van der Waals surface area (Å²) in [7, 11) is 0. The van der Waals surface area contributed by atoms with Crippen LogP contribution in [0.25, 0.3) is 38.5 Å². The Morgan fingerprint density at radius 3 is 2.19 bits per heavy atom. The van der Waals surface area contributed by atoms with E-state index >= 15 is 0 Å². The summed E-state index contributed by atoms with van der Waals surface area (Å²) < 4.78 is 0. The van der Waals surface area contributed by atoms with Crippen molar-refractivity contribution < 1.29 is 20.1 Å². The summed E-state index contributed by atoms with van der Waals surface area (Å²) in [5.41, 5.74) is 5.24. The van der Waals surface area contributed by atoms with Crippen molar-refractivity contribution in [3.63, 3.8) is 0 Å². The zero-order valence-corrected chi connectivity index (χ0v) is 21.8. The molecule has 0 amide bonds. The van der Waals surface area contributed by atoms with E-state index in [0.717, 1.165) is 22.4 Å². The summed E-state index contributed by atoms with van der Waals surface area (Å²) in [6.07, 6.45) is 3.44. The fourth-order valence-electron chi connectivity index (χ4n) is 3.53. The van der Waals surface area contributed by atoms with Gasteiger partial charge in [0.05, 0.1) is 6.57 Å². The van der Waals surface area contributed by atoms with Gasteiger partial charge in [-0.2, -0.15) is 0 Å². The summed E-state index contributed by atoms with van der Waals surface area (Å²) >= 11 is 0. The quantitative estimate of drug-likeness (QED) is 0.196. The van der Waals surface area contributed by atoms with Crippen LogP contribution in [0, 0.1) is 41.4 Å². The predicted octanol–water partition coefficient (Wildman–Crippen LogP) is 7.06. The van der Waals surface area contributed by atoms with E-state index in [4.69, 9.17) is 6.57 Å². The summed E-state index contributed by atoms with van der Waals surface area (Å²) in [4.78, 5) is 12.0. The van der Waals surface area contributed by atoms with Gasteiger partial charge >= 0.3 is 0 Å². The first-order chi connectivity index (χ1) is 17.7. The Morgan fingerprint density at radius 2 is 1.54 bits per heavy atom. The van der Waals surface area contributed by atoms with Crippen LogP contribution in [-0.4, -0.2) is 9.97 Å². The van der Waals surface area contributed by atoms with Crippen molar-refractivity contribution >= 4 is 5.69 Å². The van der Waals surface area contributed by atoms with Crippen molar-refractivity contribution in [3.8, 4) is 45.8 Å². The van der Waals surface area contributed by atoms with Crippen LogP contribution < -0.4 is 0 Å². The first-order valence-electron chi connectivity index (χ1n) is 10.9. The number of nitriles is 2. The van der Waals surface area contributed by atoms with Crippen molar-refractivity contribution in [1.82, 2.24) is 9.97 Å². The molecule has 0 unspecified atom stereocenters. The minimum atomic E-state index is 0. The molecule has 3 aromatic carbocycles. The molecule has 177 valence electrons. The predicted molar refractivity (Wildman–Crippen MR) is 138 cm³/mol. The Balaban J connectivity index is 0.000000246. The third-order valence-corrected chi connectivity index (χ3v) is 5.19. The largest absolute Gasteiger partial charge is 0.305 e. The average molecular weight is 652 g/mol. The molecule has 1 radical (unpaired) electrons. The van der Waals surface area contributed by atoms with Crippen molar-refractivity contribution in [1.29, 1.82) is 10.5 Å². The molecular formula is C31H17IrN5-2. The Kier molecular flexibility index (Phi) is 9.55. The SMILES string of the molecule is [C-]#[N+]c1cc(-c2ncccc2-c2ccccc2)[c-]c(C#N)c1C#N.[Ir].[c-]1ccccc1-c1ccccn1. The molecule has 0 aliphatic heterocycles. The van der Waals surface area contributed by atoms with Crippen LogP contribution >= 0.6 is 0 Å². The number of benzene rings is 3. The first-order valence-corrected chi connectivity index (χ1v) is 10.9. The molecule has 6 heteroatoms. The number of nitrogens with zero attached hydrogens (tertiary/aromatic N) is 5. The van der Waals surface area contributed by atoms with Gasteiger partial charge in [-0.15, -0.1) is 53.6 Å². The van der Waals surface area contributed by atoms with Crippen LogP contribution in [0.1, 0.15) is 11.1 Å². The number of hydrogen-bond donors (Lipinski definition) is 0. The normalized spacial score (nSPS) is 9.32. The van der Waals surface area contributed by atoms with Gasteiger partial charge < -0.3 is 4.98 Å². The van der Waals surface area contributed by atoms with E-state index in [-0.39, 0.29) is 36.9 Å². The Labute approximate surface area is 229 Å². The van der Waals surface area contributed by atoms with E-state index in [1.165, 1.54) is 0 Å². The van der Waals surface area contributed by atoms with Gasteiger partial charge in [0.2, 0.25) is 0 Å². The van der Waals surface area contributed by atoms with Crippen molar-refractivity contribution in [2.45, 2.75) is 0 Å². The zero-order valence-electron chi connectivity index (χ0n) is 19.4. The molecule has 0 aliphatic rings. The van der Waals surface area contributed by atoms with E-state index in [0.29, 0.717) is 11.3 Å². The molecule has 0 aliphatic carbocycles. The van der Waals surface area contributed by atoms with Gasteiger partial charge in [-0.1, -0.05) is 48.5 Å². The Morgan fingerprint density at radius 1 is 0.784 bits per heavy atom. The summed E-state index contributed by atoms with van der Waals surface area (Å²) in [6.45, 7) is 7.27. The van der Waals surface area contributed by atoms with Gasteiger partial charge in [-0.05, 0) is 40.6 Å². The van der Waals surface area contributed by atoms with Gasteiger partial charge in [-0.3, -0.25) is 9.83 Å². The molecule has 5 rings (SSSR count). The van der Waals surface area contributed by atoms with Crippen LogP contribution in [0.15, 0.2) is 103 Å². The van der Waals surface area contributed by atoms with Crippen LogP contribution in [0.2, 0.25) is 0 Å². The van der Waals surface area contributed by atoms with E-state index in [2.05, 4.69) is 26.9 Å². The molecule has 5 nitrogen and oxygen atoms in total. The maximum atomic E-state index is 9.27. The van der Waals surface area contributed by atoms with Crippen LogP contribution in [0.3, 0.4) is 0 Å². The molecule has 0 saturated heterocycles. The van der Waals surface area contributed by atoms with Gasteiger partial charge in [0.25, 0.3) is 0 Å². The molecular weight excluding hydrogens is 635 g/mol. The van der Waals surface area contributed by atoms with E-state index in [9.17, 15) is 10.5 Å². The second-order valence-corrected chi connectivity index (χ2v) is 7.41. The third-order valence-electron chi connectivity index (χ3n) is 5.19. The fraction of sp³-hybridized carbons (Fsp3) is 0. The molecule has 0 spiro atoms. The van der Waals surface area contributed by atoms with Crippen molar-refractivity contribution in [3.05, 3.63) is 138 Å². The second kappa shape index (κ2) is 13.2. The second-order valence-electron chi connectivity index (χ2n) is 7.41. The third kappa shape index (κ3) is 6.40. The van der Waals surface area contributed by atoms with Crippen LogP contribution in [0.5, 0.6) is 0 Å². The maximum absolute atomic E-state index is 9.27. The summed E-state index contributed by atoms with van der Waals surface area (Å²) in [5.74, 6) is 0.